The summed E-state index contributed by atoms with van der Waals surface area (Å²) in [6, 6.07) is 8.06. The monoisotopic (exact) mass is 296 g/mol. The van der Waals surface area contributed by atoms with Gasteiger partial charge in [-0.25, -0.2) is 0 Å². The summed E-state index contributed by atoms with van der Waals surface area (Å²) < 4.78 is 1.05. The lowest BCUT2D eigenvalue weighted by molar-refractivity contribution is 0.0551. The summed E-state index contributed by atoms with van der Waals surface area (Å²) >= 11 is 3.47. The van der Waals surface area contributed by atoms with Crippen LogP contribution in [0.2, 0.25) is 0 Å². The Labute approximate surface area is 112 Å². The van der Waals surface area contributed by atoms with Crippen LogP contribution in [-0.4, -0.2) is 5.11 Å². The zero-order valence-electron chi connectivity index (χ0n) is 10.6. The van der Waals surface area contributed by atoms with Crippen LogP contribution in [-0.2, 0) is 0 Å². The Morgan fingerprint density at radius 3 is 2.41 bits per heavy atom. The van der Waals surface area contributed by atoms with Crippen molar-refractivity contribution in [1.82, 2.24) is 0 Å². The first-order valence-electron chi connectivity index (χ1n) is 6.49. The molecule has 17 heavy (non-hydrogen) atoms. The number of benzene rings is 1. The van der Waals surface area contributed by atoms with Crippen LogP contribution in [0, 0.1) is 17.8 Å². The Morgan fingerprint density at radius 1 is 1.18 bits per heavy atom. The molecule has 1 fully saturated rings. The third-order valence-corrected chi connectivity index (χ3v) is 4.34. The fourth-order valence-electron chi connectivity index (χ4n) is 3.23. The molecular weight excluding hydrogens is 276 g/mol. The van der Waals surface area contributed by atoms with E-state index in [1.807, 2.05) is 24.3 Å². The molecule has 0 amide bonds. The van der Waals surface area contributed by atoms with Crippen LogP contribution < -0.4 is 0 Å². The minimum atomic E-state index is -0.308. The van der Waals surface area contributed by atoms with E-state index < -0.39 is 0 Å². The van der Waals surface area contributed by atoms with Gasteiger partial charge in [-0.05, 0) is 54.7 Å². The van der Waals surface area contributed by atoms with Crippen LogP contribution in [0.25, 0.3) is 0 Å². The maximum atomic E-state index is 10.5. The second-order valence-corrected chi connectivity index (χ2v) is 6.59. The zero-order chi connectivity index (χ0) is 12.4. The van der Waals surface area contributed by atoms with Crippen molar-refractivity contribution in [3.63, 3.8) is 0 Å². The van der Waals surface area contributed by atoms with Crippen molar-refractivity contribution in [3.8, 4) is 0 Å². The number of hydrogen-bond donors (Lipinski definition) is 1. The molecule has 2 heteroatoms. The van der Waals surface area contributed by atoms with Gasteiger partial charge in [-0.3, -0.25) is 0 Å². The minimum absolute atomic E-state index is 0.308. The Kier molecular flexibility index (Phi) is 4.26. The first-order valence-corrected chi connectivity index (χ1v) is 7.29. The molecule has 1 aliphatic rings. The lowest BCUT2D eigenvalue weighted by Crippen LogP contribution is -2.24. The molecule has 1 aromatic carbocycles. The van der Waals surface area contributed by atoms with Crippen LogP contribution in [0.1, 0.15) is 44.8 Å². The van der Waals surface area contributed by atoms with Gasteiger partial charge < -0.3 is 5.11 Å². The quantitative estimate of drug-likeness (QED) is 0.848. The highest BCUT2D eigenvalue weighted by atomic mass is 79.9. The first kappa shape index (κ1) is 13.1. The van der Waals surface area contributed by atoms with Crippen LogP contribution in [0.5, 0.6) is 0 Å². The van der Waals surface area contributed by atoms with E-state index in [-0.39, 0.29) is 6.10 Å². The average molecular weight is 297 g/mol. The van der Waals surface area contributed by atoms with Gasteiger partial charge in [-0.15, -0.1) is 0 Å². The summed E-state index contributed by atoms with van der Waals surface area (Å²) in [5, 5.41) is 10.5. The molecule has 0 saturated heterocycles. The van der Waals surface area contributed by atoms with Gasteiger partial charge in [-0.2, -0.15) is 0 Å². The predicted molar refractivity (Wildman–Crippen MR) is 74.8 cm³/mol. The van der Waals surface area contributed by atoms with Crippen LogP contribution >= 0.6 is 15.9 Å². The van der Waals surface area contributed by atoms with Gasteiger partial charge in [-0.1, -0.05) is 41.9 Å². The van der Waals surface area contributed by atoms with Crippen LogP contribution in [0.15, 0.2) is 28.7 Å². The second kappa shape index (κ2) is 5.53. The summed E-state index contributed by atoms with van der Waals surface area (Å²) in [5.74, 6) is 1.90. The molecule has 3 unspecified atom stereocenters. The van der Waals surface area contributed by atoms with Gasteiger partial charge in [0.1, 0.15) is 0 Å². The van der Waals surface area contributed by atoms with E-state index in [0.717, 1.165) is 34.7 Å². The van der Waals surface area contributed by atoms with Gasteiger partial charge in [0.05, 0.1) is 6.10 Å². The van der Waals surface area contributed by atoms with Crippen molar-refractivity contribution >= 4 is 15.9 Å². The molecule has 0 heterocycles. The van der Waals surface area contributed by atoms with Crippen LogP contribution in [0.4, 0.5) is 0 Å². The molecule has 0 spiro atoms. The molecule has 3 atom stereocenters. The van der Waals surface area contributed by atoms with Crippen molar-refractivity contribution in [3.05, 3.63) is 34.3 Å². The van der Waals surface area contributed by atoms with Gasteiger partial charge in [0.2, 0.25) is 0 Å². The molecule has 2 rings (SSSR count). The molecule has 0 aromatic heterocycles. The molecule has 1 saturated carbocycles. The largest absolute Gasteiger partial charge is 0.388 e. The third-order valence-electron chi connectivity index (χ3n) is 3.85. The number of hydrogen-bond acceptors (Lipinski definition) is 1. The van der Waals surface area contributed by atoms with E-state index >= 15 is 0 Å². The Bertz CT molecular complexity index is 367. The lowest BCUT2D eigenvalue weighted by Gasteiger charge is -2.34. The molecule has 0 aliphatic heterocycles. The third kappa shape index (κ3) is 3.32. The number of aliphatic hydroxyl groups is 1. The minimum Gasteiger partial charge on any atom is -0.388 e. The average Bonchev–Trinajstić information content (AvgIpc) is 2.26. The van der Waals surface area contributed by atoms with E-state index in [1.54, 1.807) is 0 Å². The molecule has 1 N–H and O–H groups in total. The van der Waals surface area contributed by atoms with E-state index in [1.165, 1.54) is 6.42 Å². The van der Waals surface area contributed by atoms with Crippen molar-refractivity contribution in [2.45, 2.75) is 39.2 Å². The summed E-state index contributed by atoms with van der Waals surface area (Å²) in [7, 11) is 0. The molecule has 1 nitrogen and oxygen atoms in total. The number of rotatable bonds is 2. The molecule has 0 radical (unpaired) electrons. The zero-order valence-corrected chi connectivity index (χ0v) is 12.2. The number of halogens is 1. The molecule has 1 aromatic rings. The Morgan fingerprint density at radius 2 is 1.82 bits per heavy atom. The van der Waals surface area contributed by atoms with E-state index in [4.69, 9.17) is 0 Å². The second-order valence-electron chi connectivity index (χ2n) is 5.68. The molecule has 94 valence electrons. The summed E-state index contributed by atoms with van der Waals surface area (Å²) in [6.45, 7) is 4.60. The highest BCUT2D eigenvalue weighted by Gasteiger charge is 2.29. The first-order chi connectivity index (χ1) is 8.06. The topological polar surface area (TPSA) is 20.2 Å². The van der Waals surface area contributed by atoms with E-state index in [0.29, 0.717) is 5.92 Å². The van der Waals surface area contributed by atoms with E-state index in [9.17, 15) is 5.11 Å². The Balaban J connectivity index is 2.11. The van der Waals surface area contributed by atoms with E-state index in [2.05, 4.69) is 29.8 Å². The molecule has 1 aliphatic carbocycles. The van der Waals surface area contributed by atoms with Gasteiger partial charge >= 0.3 is 0 Å². The van der Waals surface area contributed by atoms with Crippen molar-refractivity contribution < 1.29 is 5.11 Å². The molecular formula is C15H21BrO. The standard InChI is InChI=1S/C15H21BrO/c1-10-6-11(2)8-13(7-10)15(17)12-4-3-5-14(16)9-12/h3-5,9-11,13,15,17H,6-8H2,1-2H3. The van der Waals surface area contributed by atoms with Crippen molar-refractivity contribution in [2.75, 3.05) is 0 Å². The number of aliphatic hydroxyl groups excluding tert-OH is 1. The Hall–Kier alpha value is -0.340. The SMILES string of the molecule is CC1CC(C)CC(C(O)c2cccc(Br)c2)C1. The summed E-state index contributed by atoms with van der Waals surface area (Å²) in [4.78, 5) is 0. The normalized spacial score (nSPS) is 31.2. The van der Waals surface area contributed by atoms with Gasteiger partial charge in [0, 0.05) is 4.47 Å². The lowest BCUT2D eigenvalue weighted by atomic mass is 9.73. The smallest absolute Gasteiger partial charge is 0.0818 e. The van der Waals surface area contributed by atoms with Gasteiger partial charge in [0.15, 0.2) is 0 Å². The summed E-state index contributed by atoms with van der Waals surface area (Å²) in [5.41, 5.74) is 1.05. The highest BCUT2D eigenvalue weighted by Crippen LogP contribution is 2.40. The maximum absolute atomic E-state index is 10.5. The van der Waals surface area contributed by atoms with Gasteiger partial charge in [0.25, 0.3) is 0 Å². The fraction of sp³-hybridized carbons (Fsp3) is 0.600. The van der Waals surface area contributed by atoms with Crippen molar-refractivity contribution in [2.24, 2.45) is 17.8 Å². The maximum Gasteiger partial charge on any atom is 0.0818 e. The molecule has 0 bridgehead atoms. The predicted octanol–water partition coefficient (Wildman–Crippen LogP) is 4.55. The van der Waals surface area contributed by atoms with Crippen LogP contribution in [0.3, 0.4) is 0 Å². The highest BCUT2D eigenvalue weighted by molar-refractivity contribution is 9.10. The fourth-order valence-corrected chi connectivity index (χ4v) is 3.65. The summed E-state index contributed by atoms with van der Waals surface area (Å²) in [6.07, 6.45) is 3.30. The van der Waals surface area contributed by atoms with Crippen molar-refractivity contribution in [1.29, 1.82) is 0 Å².